The van der Waals surface area contributed by atoms with Crippen LogP contribution in [0, 0.1) is 0 Å². The molecule has 0 fully saturated rings. The molecule has 0 bridgehead atoms. The predicted octanol–water partition coefficient (Wildman–Crippen LogP) is 4.94. The van der Waals surface area contributed by atoms with Crippen LogP contribution in [0.15, 0.2) is 78.1 Å². The van der Waals surface area contributed by atoms with Gasteiger partial charge in [-0.25, -0.2) is 0 Å². The Balaban J connectivity index is 2.14. The van der Waals surface area contributed by atoms with E-state index >= 15 is 0 Å². The quantitative estimate of drug-likeness (QED) is 0.673. The second-order valence-electron chi connectivity index (χ2n) is 4.31. The highest BCUT2D eigenvalue weighted by atomic mass is 32.2. The molecule has 1 heterocycles. The molecule has 19 heavy (non-hydrogen) atoms. The van der Waals surface area contributed by atoms with Gasteiger partial charge in [-0.3, -0.25) is 0 Å². The molecule has 0 radical (unpaired) electrons. The Morgan fingerprint density at radius 3 is 1.47 bits per heavy atom. The Bertz CT molecular complexity index is 642. The van der Waals surface area contributed by atoms with Gasteiger partial charge in [0.05, 0.1) is 0 Å². The lowest BCUT2D eigenvalue weighted by atomic mass is 9.95. The number of rotatable bonds is 2. The first-order valence-electron chi connectivity index (χ1n) is 6.18. The fraction of sp³-hybridized carbons (Fsp3) is 0. The van der Waals surface area contributed by atoms with E-state index in [1.807, 2.05) is 12.1 Å². The van der Waals surface area contributed by atoms with Gasteiger partial charge >= 0.3 is 0 Å². The van der Waals surface area contributed by atoms with Gasteiger partial charge in [-0.05, 0) is 39.7 Å². The molecule has 3 rings (SSSR count). The van der Waals surface area contributed by atoms with E-state index in [-0.39, 0.29) is 10.5 Å². The van der Waals surface area contributed by atoms with Gasteiger partial charge < -0.3 is 0 Å². The summed E-state index contributed by atoms with van der Waals surface area (Å²) in [5.41, 5.74) is 5.07. The first kappa shape index (κ1) is 12.0. The van der Waals surface area contributed by atoms with E-state index in [0.717, 1.165) is 0 Å². The summed E-state index contributed by atoms with van der Waals surface area (Å²) >= 11 is 0. The molecule has 0 saturated heterocycles. The van der Waals surface area contributed by atoms with Crippen LogP contribution in [0.5, 0.6) is 0 Å². The molecule has 0 saturated carbocycles. The summed E-state index contributed by atoms with van der Waals surface area (Å²) in [4.78, 5) is 0. The molecular weight excluding hydrogens is 248 g/mol. The van der Waals surface area contributed by atoms with Gasteiger partial charge in [-0.15, -0.1) is 0 Å². The summed E-state index contributed by atoms with van der Waals surface area (Å²) in [5.74, 6) is 0. The summed E-state index contributed by atoms with van der Waals surface area (Å²) < 4.78 is 0. The lowest BCUT2D eigenvalue weighted by Gasteiger charge is -2.08. The zero-order valence-electron chi connectivity index (χ0n) is 10.5. The number of hydrogen-bond donors (Lipinski definition) is 0. The van der Waals surface area contributed by atoms with Crippen molar-refractivity contribution in [1.82, 2.24) is 0 Å². The van der Waals surface area contributed by atoms with Gasteiger partial charge in [0.1, 0.15) is 0 Å². The molecule has 92 valence electrons. The van der Waals surface area contributed by atoms with Crippen LogP contribution in [0.2, 0.25) is 0 Å². The van der Waals surface area contributed by atoms with Crippen molar-refractivity contribution in [3.8, 4) is 0 Å². The van der Waals surface area contributed by atoms with E-state index in [1.54, 1.807) is 0 Å². The zero-order valence-corrected chi connectivity index (χ0v) is 11.4. The van der Waals surface area contributed by atoms with Crippen LogP contribution >= 0.6 is 10.5 Å². The standard InChI is InChI=1S/C18H14S/c1-2-19-13-17(15-9-5-3-6-10-15)18(14-19)16-11-7-4-8-12-16/h3-14H,1H2. The van der Waals surface area contributed by atoms with Gasteiger partial charge in [0.25, 0.3) is 0 Å². The van der Waals surface area contributed by atoms with Crippen LogP contribution < -0.4 is 0 Å². The largest absolute Gasteiger partial charge is 0.0941 e. The van der Waals surface area contributed by atoms with Crippen molar-refractivity contribution in [2.75, 3.05) is 0 Å². The summed E-state index contributed by atoms with van der Waals surface area (Å²) in [6.07, 6.45) is 0. The van der Waals surface area contributed by atoms with E-state index < -0.39 is 0 Å². The molecule has 0 atom stereocenters. The minimum Gasteiger partial charge on any atom is -0.0941 e. The fourth-order valence-corrected chi connectivity index (χ4v) is 3.45. The molecule has 0 amide bonds. The van der Waals surface area contributed by atoms with Crippen molar-refractivity contribution in [1.29, 1.82) is 0 Å². The maximum atomic E-state index is 3.80. The SMILES string of the molecule is C=C=S1C=C(c2ccccc2)C(c2ccccc2)=C1. The van der Waals surface area contributed by atoms with E-state index in [4.69, 9.17) is 0 Å². The Kier molecular flexibility index (Phi) is 3.33. The molecule has 2 aromatic carbocycles. The monoisotopic (exact) mass is 262 g/mol. The summed E-state index contributed by atoms with van der Waals surface area (Å²) in [5, 5.41) is 7.60. The molecule has 0 nitrogen and oxygen atoms in total. The Morgan fingerprint density at radius 1 is 0.684 bits per heavy atom. The smallest absolute Gasteiger partial charge is 0.00326 e. The summed E-state index contributed by atoms with van der Waals surface area (Å²) in [6, 6.07) is 21.0. The van der Waals surface area contributed by atoms with Crippen LogP contribution in [-0.4, -0.2) is 5.02 Å². The van der Waals surface area contributed by atoms with E-state index in [0.29, 0.717) is 0 Å². The first-order valence-corrected chi connectivity index (χ1v) is 7.53. The fourth-order valence-electron chi connectivity index (χ4n) is 2.18. The molecule has 0 aromatic heterocycles. The van der Waals surface area contributed by atoms with Crippen LogP contribution in [0.4, 0.5) is 0 Å². The summed E-state index contributed by atoms with van der Waals surface area (Å²) in [7, 11) is -0.0806. The Labute approximate surface area is 116 Å². The van der Waals surface area contributed by atoms with Crippen LogP contribution in [0.25, 0.3) is 11.1 Å². The van der Waals surface area contributed by atoms with Crippen LogP contribution in [-0.2, 0) is 0 Å². The highest BCUT2D eigenvalue weighted by molar-refractivity contribution is 8.20. The highest BCUT2D eigenvalue weighted by Gasteiger charge is 2.15. The van der Waals surface area contributed by atoms with E-state index in [9.17, 15) is 0 Å². The summed E-state index contributed by atoms with van der Waals surface area (Å²) in [6.45, 7) is 3.80. The average Bonchev–Trinajstić information content (AvgIpc) is 2.93. The van der Waals surface area contributed by atoms with Gasteiger partial charge in [0.2, 0.25) is 0 Å². The second kappa shape index (κ2) is 5.27. The minimum absolute atomic E-state index is 0.0806. The third-order valence-corrected chi connectivity index (χ3v) is 4.43. The topological polar surface area (TPSA) is 0 Å². The molecule has 0 aliphatic carbocycles. The third-order valence-electron chi connectivity index (χ3n) is 3.12. The molecule has 0 spiro atoms. The van der Waals surface area contributed by atoms with Crippen molar-refractivity contribution in [2.24, 2.45) is 0 Å². The first-order chi connectivity index (χ1) is 9.38. The zero-order chi connectivity index (χ0) is 13.1. The molecule has 1 heteroatoms. The number of allylic oxidation sites excluding steroid dienone is 2. The number of hydrogen-bond acceptors (Lipinski definition) is 0. The minimum atomic E-state index is -0.0806. The van der Waals surface area contributed by atoms with Crippen molar-refractivity contribution < 1.29 is 0 Å². The lowest BCUT2D eigenvalue weighted by Crippen LogP contribution is -1.86. The van der Waals surface area contributed by atoms with E-state index in [1.165, 1.54) is 22.3 Å². The molecule has 2 aromatic rings. The molecular formula is C18H14S. The molecule has 0 unspecified atom stereocenters. The van der Waals surface area contributed by atoms with Crippen LogP contribution in [0.3, 0.4) is 0 Å². The molecule has 0 N–H and O–H groups in total. The van der Waals surface area contributed by atoms with Gasteiger partial charge in [0, 0.05) is 0 Å². The number of benzene rings is 2. The second-order valence-corrected chi connectivity index (χ2v) is 5.81. The van der Waals surface area contributed by atoms with Crippen molar-refractivity contribution >= 4 is 26.7 Å². The normalized spacial score (nSPS) is 14.7. The maximum absolute atomic E-state index is 3.80. The maximum Gasteiger partial charge on any atom is -0.00326 e. The molecule has 1 aliphatic rings. The van der Waals surface area contributed by atoms with Crippen molar-refractivity contribution in [2.45, 2.75) is 0 Å². The van der Waals surface area contributed by atoms with Gasteiger partial charge in [0.15, 0.2) is 0 Å². The van der Waals surface area contributed by atoms with Gasteiger partial charge in [-0.2, -0.15) is 0 Å². The predicted molar refractivity (Wildman–Crippen MR) is 87.1 cm³/mol. The molecule has 1 aliphatic heterocycles. The average molecular weight is 262 g/mol. The third kappa shape index (κ3) is 2.39. The Morgan fingerprint density at radius 2 is 1.11 bits per heavy atom. The van der Waals surface area contributed by atoms with Crippen molar-refractivity contribution in [3.63, 3.8) is 0 Å². The highest BCUT2D eigenvalue weighted by Crippen LogP contribution is 2.42. The van der Waals surface area contributed by atoms with Gasteiger partial charge in [-0.1, -0.05) is 76.2 Å². The lowest BCUT2D eigenvalue weighted by molar-refractivity contribution is 1.60. The van der Waals surface area contributed by atoms with Crippen LogP contribution in [0.1, 0.15) is 11.1 Å². The van der Waals surface area contributed by atoms with Crippen molar-refractivity contribution in [3.05, 3.63) is 89.2 Å². The Hall–Kier alpha value is -2.08. The van der Waals surface area contributed by atoms with E-state index in [2.05, 4.69) is 70.9 Å².